The number of nitrogens with one attached hydrogen (secondary N) is 1. The number of hydrogen-bond acceptors (Lipinski definition) is 5. The first-order valence-electron chi connectivity index (χ1n) is 11.2. The molecular formula is C25H29N3O3S2. The van der Waals surface area contributed by atoms with E-state index in [1.54, 1.807) is 27.8 Å². The highest BCUT2D eigenvalue weighted by Crippen LogP contribution is 2.24. The molecule has 2 heterocycles. The number of carbonyl (C=O) groups excluding carboxylic acids is 1. The third-order valence-corrected chi connectivity index (χ3v) is 8.75. The first-order chi connectivity index (χ1) is 15.8. The SMILES string of the molecule is Cc1nc(-c2ccc(CCNC(=O)c3ccc(S(=O)(=O)N4CCC(C)CC4)cc3)cc2)cs1. The van der Waals surface area contributed by atoms with Gasteiger partial charge in [0.1, 0.15) is 0 Å². The number of rotatable bonds is 7. The highest BCUT2D eigenvalue weighted by molar-refractivity contribution is 7.89. The summed E-state index contributed by atoms with van der Waals surface area (Å²) < 4.78 is 27.2. The second-order valence-corrected chi connectivity index (χ2v) is 11.6. The molecule has 0 saturated carbocycles. The summed E-state index contributed by atoms with van der Waals surface area (Å²) in [6, 6.07) is 14.4. The molecule has 1 aromatic heterocycles. The molecule has 0 aliphatic carbocycles. The van der Waals surface area contributed by atoms with Crippen molar-refractivity contribution < 1.29 is 13.2 Å². The zero-order valence-corrected chi connectivity index (χ0v) is 20.6. The molecule has 174 valence electrons. The number of aromatic nitrogens is 1. The Kier molecular flexibility index (Phi) is 7.26. The van der Waals surface area contributed by atoms with E-state index >= 15 is 0 Å². The average Bonchev–Trinajstić information content (AvgIpc) is 3.26. The zero-order valence-electron chi connectivity index (χ0n) is 19.0. The molecule has 1 fully saturated rings. The van der Waals surface area contributed by atoms with Crippen LogP contribution in [0.2, 0.25) is 0 Å². The number of sulfonamides is 1. The van der Waals surface area contributed by atoms with Crippen LogP contribution in [0.4, 0.5) is 0 Å². The summed E-state index contributed by atoms with van der Waals surface area (Å²) in [6.07, 6.45) is 2.47. The number of piperidine rings is 1. The fourth-order valence-electron chi connectivity index (χ4n) is 3.91. The molecule has 1 amide bonds. The number of aryl methyl sites for hydroxylation is 1. The average molecular weight is 484 g/mol. The van der Waals surface area contributed by atoms with Gasteiger partial charge in [0, 0.05) is 36.1 Å². The zero-order chi connectivity index (χ0) is 23.4. The Morgan fingerprint density at radius 1 is 1.09 bits per heavy atom. The van der Waals surface area contributed by atoms with E-state index in [9.17, 15) is 13.2 Å². The monoisotopic (exact) mass is 483 g/mol. The number of thiazole rings is 1. The van der Waals surface area contributed by atoms with Gasteiger partial charge in [0.2, 0.25) is 10.0 Å². The van der Waals surface area contributed by atoms with Gasteiger partial charge >= 0.3 is 0 Å². The molecule has 33 heavy (non-hydrogen) atoms. The molecule has 6 nitrogen and oxygen atoms in total. The van der Waals surface area contributed by atoms with Crippen LogP contribution in [0.15, 0.2) is 58.8 Å². The predicted molar refractivity (Wildman–Crippen MR) is 132 cm³/mol. The molecule has 1 N–H and O–H groups in total. The first-order valence-corrected chi connectivity index (χ1v) is 13.5. The van der Waals surface area contributed by atoms with E-state index in [4.69, 9.17) is 0 Å². The van der Waals surface area contributed by atoms with Gasteiger partial charge in [0.25, 0.3) is 5.91 Å². The normalized spacial score (nSPS) is 15.5. The van der Waals surface area contributed by atoms with Gasteiger partial charge < -0.3 is 5.32 Å². The van der Waals surface area contributed by atoms with E-state index in [1.165, 1.54) is 12.1 Å². The van der Waals surface area contributed by atoms with E-state index in [0.717, 1.165) is 34.7 Å². The maximum absolute atomic E-state index is 12.8. The maximum atomic E-state index is 12.8. The lowest BCUT2D eigenvalue weighted by Crippen LogP contribution is -2.37. The smallest absolute Gasteiger partial charge is 0.251 e. The molecule has 1 saturated heterocycles. The van der Waals surface area contributed by atoms with Crippen molar-refractivity contribution in [2.24, 2.45) is 5.92 Å². The molecular weight excluding hydrogens is 454 g/mol. The first kappa shape index (κ1) is 23.6. The molecule has 0 bridgehead atoms. The predicted octanol–water partition coefficient (Wildman–Crippen LogP) is 4.51. The van der Waals surface area contributed by atoms with Gasteiger partial charge in [-0.3, -0.25) is 4.79 Å². The van der Waals surface area contributed by atoms with Crippen LogP contribution in [0.1, 0.15) is 40.7 Å². The van der Waals surface area contributed by atoms with Crippen molar-refractivity contribution in [3.05, 3.63) is 70.0 Å². The van der Waals surface area contributed by atoms with Crippen LogP contribution in [-0.2, 0) is 16.4 Å². The van der Waals surface area contributed by atoms with Crippen molar-refractivity contribution in [2.75, 3.05) is 19.6 Å². The number of amides is 1. The van der Waals surface area contributed by atoms with Gasteiger partial charge in [0.05, 0.1) is 15.6 Å². The minimum absolute atomic E-state index is 0.208. The van der Waals surface area contributed by atoms with E-state index < -0.39 is 10.0 Å². The van der Waals surface area contributed by atoms with Crippen molar-refractivity contribution in [3.8, 4) is 11.3 Å². The van der Waals surface area contributed by atoms with Gasteiger partial charge in [-0.05, 0) is 61.9 Å². The van der Waals surface area contributed by atoms with Crippen molar-refractivity contribution in [3.63, 3.8) is 0 Å². The molecule has 3 aromatic rings. The van der Waals surface area contributed by atoms with Gasteiger partial charge in [-0.2, -0.15) is 4.31 Å². The summed E-state index contributed by atoms with van der Waals surface area (Å²) in [5, 5.41) is 6.01. The molecule has 1 aliphatic heterocycles. The maximum Gasteiger partial charge on any atom is 0.251 e. The highest BCUT2D eigenvalue weighted by Gasteiger charge is 2.28. The van der Waals surface area contributed by atoms with Crippen LogP contribution < -0.4 is 5.32 Å². The lowest BCUT2D eigenvalue weighted by molar-refractivity contribution is 0.0954. The van der Waals surface area contributed by atoms with Crippen molar-refractivity contribution in [2.45, 2.75) is 38.0 Å². The largest absolute Gasteiger partial charge is 0.352 e. The number of nitrogens with zero attached hydrogens (tertiary/aromatic N) is 2. The summed E-state index contributed by atoms with van der Waals surface area (Å²) in [7, 11) is -3.51. The summed E-state index contributed by atoms with van der Waals surface area (Å²) in [6.45, 7) is 5.74. The van der Waals surface area contributed by atoms with Crippen LogP contribution in [-0.4, -0.2) is 43.2 Å². The topological polar surface area (TPSA) is 79.4 Å². The summed E-state index contributed by atoms with van der Waals surface area (Å²) in [4.78, 5) is 17.2. The van der Waals surface area contributed by atoms with Gasteiger partial charge in [-0.1, -0.05) is 31.2 Å². The lowest BCUT2D eigenvalue weighted by Gasteiger charge is -2.29. The fraction of sp³-hybridized carbons (Fsp3) is 0.360. The quantitative estimate of drug-likeness (QED) is 0.536. The van der Waals surface area contributed by atoms with Crippen molar-refractivity contribution in [1.29, 1.82) is 0 Å². The van der Waals surface area contributed by atoms with Crippen molar-refractivity contribution >= 4 is 27.3 Å². The highest BCUT2D eigenvalue weighted by atomic mass is 32.2. The summed E-state index contributed by atoms with van der Waals surface area (Å²) >= 11 is 1.63. The Balaban J connectivity index is 1.30. The molecule has 4 rings (SSSR count). The molecule has 8 heteroatoms. The minimum Gasteiger partial charge on any atom is -0.352 e. The number of benzene rings is 2. The molecule has 1 aliphatic rings. The lowest BCUT2D eigenvalue weighted by atomic mass is 10.0. The molecule has 0 radical (unpaired) electrons. The second-order valence-electron chi connectivity index (χ2n) is 8.57. The Bertz CT molecular complexity index is 1190. The number of hydrogen-bond donors (Lipinski definition) is 1. The van der Waals surface area contributed by atoms with Gasteiger partial charge in [0.15, 0.2) is 0 Å². The van der Waals surface area contributed by atoms with Crippen molar-refractivity contribution in [1.82, 2.24) is 14.6 Å². The van der Waals surface area contributed by atoms with Crippen LogP contribution in [0.5, 0.6) is 0 Å². The van der Waals surface area contributed by atoms with Crippen LogP contribution in [0.3, 0.4) is 0 Å². The van der Waals surface area contributed by atoms with Crippen LogP contribution in [0, 0.1) is 12.8 Å². The van der Waals surface area contributed by atoms with E-state index in [0.29, 0.717) is 37.5 Å². The van der Waals surface area contributed by atoms with E-state index in [2.05, 4.69) is 29.4 Å². The Hall–Kier alpha value is -2.55. The molecule has 0 spiro atoms. The fourth-order valence-corrected chi connectivity index (χ4v) is 6.00. The summed E-state index contributed by atoms with van der Waals surface area (Å²) in [5.41, 5.74) is 3.65. The van der Waals surface area contributed by atoms with E-state index in [-0.39, 0.29) is 10.8 Å². The Labute approximate surface area is 199 Å². The van der Waals surface area contributed by atoms with Gasteiger partial charge in [-0.25, -0.2) is 13.4 Å². The third kappa shape index (κ3) is 5.69. The Morgan fingerprint density at radius 3 is 2.36 bits per heavy atom. The third-order valence-electron chi connectivity index (χ3n) is 6.06. The standard InChI is InChI=1S/C25H29N3O3S2/c1-18-12-15-28(16-13-18)33(30,31)23-9-7-22(8-10-23)25(29)26-14-11-20-3-5-21(6-4-20)24-17-32-19(2)27-24/h3-10,17-18H,11-16H2,1-2H3,(H,26,29). The Morgan fingerprint density at radius 2 is 1.76 bits per heavy atom. The second kappa shape index (κ2) is 10.2. The van der Waals surface area contributed by atoms with E-state index in [1.807, 2.05) is 24.4 Å². The molecule has 2 aromatic carbocycles. The molecule has 0 unspecified atom stereocenters. The molecule has 0 atom stereocenters. The number of carbonyl (C=O) groups is 1. The van der Waals surface area contributed by atoms with Crippen LogP contribution in [0.25, 0.3) is 11.3 Å². The van der Waals surface area contributed by atoms with Gasteiger partial charge in [-0.15, -0.1) is 11.3 Å². The minimum atomic E-state index is -3.51. The summed E-state index contributed by atoms with van der Waals surface area (Å²) in [5.74, 6) is 0.350. The van der Waals surface area contributed by atoms with Crippen LogP contribution >= 0.6 is 11.3 Å².